The summed E-state index contributed by atoms with van der Waals surface area (Å²) in [6.07, 6.45) is 6.65. The van der Waals surface area contributed by atoms with E-state index in [1.54, 1.807) is 32.5 Å². The van der Waals surface area contributed by atoms with Crippen molar-refractivity contribution in [3.63, 3.8) is 0 Å². The molecule has 39 heavy (non-hydrogen) atoms. The highest BCUT2D eigenvalue weighted by Crippen LogP contribution is 2.27. The van der Waals surface area contributed by atoms with E-state index in [0.717, 1.165) is 24.1 Å². The molecule has 1 unspecified atom stereocenters. The molecule has 3 heterocycles. The number of nitrogens with zero attached hydrogens (tertiary/aromatic N) is 5. The predicted octanol–water partition coefficient (Wildman–Crippen LogP) is 5.47. The molecule has 198 valence electrons. The van der Waals surface area contributed by atoms with E-state index in [2.05, 4.69) is 11.1 Å². The molecule has 2 aromatic heterocycles. The Morgan fingerprint density at radius 2 is 1.79 bits per heavy atom. The number of likely N-dealkylation sites (tertiary alicyclic amines) is 1. The van der Waals surface area contributed by atoms with Gasteiger partial charge in [0.2, 0.25) is 0 Å². The first-order valence-electron chi connectivity index (χ1n) is 13.1. The normalized spacial score (nSPS) is 15.9. The molecular weight excluding hydrogens is 490 g/mol. The highest BCUT2D eigenvalue weighted by atomic mass is 16.5. The maximum Gasteiger partial charge on any atom is 0.333 e. The average Bonchev–Trinajstić information content (AvgIpc) is 3.50. The molecule has 1 amide bonds. The highest BCUT2D eigenvalue weighted by Gasteiger charge is 2.32. The minimum Gasteiger partial charge on any atom is -0.457 e. The molecule has 8 nitrogen and oxygen atoms in total. The number of hydrogen-bond acceptors (Lipinski definition) is 5. The third-order valence-corrected chi connectivity index (χ3v) is 6.76. The number of allylic oxidation sites excluding steroid dienone is 1. The number of ether oxygens (including phenoxy) is 1. The fourth-order valence-electron chi connectivity index (χ4n) is 5.05. The zero-order valence-electron chi connectivity index (χ0n) is 22.4. The SMILES string of the molecule is CC(C)(C)/C=C(/C#N)C(=O)N1CCCC1Cn1c(=O)n(-c2ccc(Oc3ccccc3)cc2)c2cnccc21. The number of aromatic nitrogens is 3. The summed E-state index contributed by atoms with van der Waals surface area (Å²) in [7, 11) is 0. The standard InChI is InChI=1S/C31H31N5O3/c1-31(2,3)18-22(19-32)29(37)34-17-7-8-24(34)21-35-27-15-16-33-20-28(27)36(30(35)38)23-11-13-26(14-12-23)39-25-9-5-4-6-10-25/h4-6,9-16,18,20,24H,7-8,17,21H2,1-3H3/b22-18-. The van der Waals surface area contributed by atoms with Crippen molar-refractivity contribution in [2.45, 2.75) is 46.2 Å². The van der Waals surface area contributed by atoms with Crippen molar-refractivity contribution in [1.82, 2.24) is 19.0 Å². The first-order valence-corrected chi connectivity index (χ1v) is 13.1. The van der Waals surface area contributed by atoms with Crippen LogP contribution in [0.5, 0.6) is 11.5 Å². The number of pyridine rings is 1. The van der Waals surface area contributed by atoms with Crippen LogP contribution in [0, 0.1) is 16.7 Å². The van der Waals surface area contributed by atoms with Crippen LogP contribution in [-0.4, -0.2) is 37.5 Å². The van der Waals surface area contributed by atoms with Crippen LogP contribution in [0.4, 0.5) is 0 Å². The molecule has 2 aromatic carbocycles. The van der Waals surface area contributed by atoms with Crippen LogP contribution in [0.1, 0.15) is 33.6 Å². The van der Waals surface area contributed by atoms with E-state index in [1.165, 1.54) is 0 Å². The van der Waals surface area contributed by atoms with Crippen LogP contribution in [0.3, 0.4) is 0 Å². The summed E-state index contributed by atoms with van der Waals surface area (Å²) in [6.45, 7) is 6.78. The summed E-state index contributed by atoms with van der Waals surface area (Å²) in [4.78, 5) is 33.1. The molecule has 0 bridgehead atoms. The maximum absolute atomic E-state index is 13.8. The van der Waals surface area contributed by atoms with E-state index in [-0.39, 0.29) is 28.6 Å². The predicted molar refractivity (Wildman–Crippen MR) is 150 cm³/mol. The van der Waals surface area contributed by atoms with Crippen molar-refractivity contribution >= 4 is 16.9 Å². The molecule has 0 N–H and O–H groups in total. The molecule has 1 aliphatic rings. The van der Waals surface area contributed by atoms with Gasteiger partial charge in [0, 0.05) is 19.3 Å². The molecule has 1 fully saturated rings. The van der Waals surface area contributed by atoms with Crippen LogP contribution in [0.15, 0.2) is 89.5 Å². The Labute approximate surface area is 227 Å². The van der Waals surface area contributed by atoms with E-state index in [4.69, 9.17) is 4.74 Å². The van der Waals surface area contributed by atoms with E-state index >= 15 is 0 Å². The fraction of sp³-hybridized carbons (Fsp3) is 0.290. The zero-order chi connectivity index (χ0) is 27.6. The van der Waals surface area contributed by atoms with Crippen LogP contribution >= 0.6 is 0 Å². The Hall–Kier alpha value is -4.64. The highest BCUT2D eigenvalue weighted by molar-refractivity contribution is 5.97. The Balaban J connectivity index is 1.46. The topological polar surface area (TPSA) is 93.2 Å². The number of carbonyl (C=O) groups excluding carboxylic acids is 1. The van der Waals surface area contributed by atoms with Crippen molar-refractivity contribution in [1.29, 1.82) is 5.26 Å². The largest absolute Gasteiger partial charge is 0.457 e. The van der Waals surface area contributed by atoms with Crippen LogP contribution in [0.2, 0.25) is 0 Å². The molecule has 1 aliphatic heterocycles. The number of fused-ring (bicyclic) bond motifs is 1. The second-order valence-corrected chi connectivity index (χ2v) is 10.8. The molecule has 0 spiro atoms. The summed E-state index contributed by atoms with van der Waals surface area (Å²) < 4.78 is 9.25. The molecular formula is C31H31N5O3. The van der Waals surface area contributed by atoms with Crippen LogP contribution < -0.4 is 10.4 Å². The molecule has 8 heteroatoms. The molecule has 0 aliphatic carbocycles. The first-order chi connectivity index (χ1) is 18.7. The van der Waals surface area contributed by atoms with Crippen LogP contribution in [-0.2, 0) is 11.3 Å². The number of nitriles is 1. The van der Waals surface area contributed by atoms with Gasteiger partial charge in [-0.3, -0.25) is 18.9 Å². The van der Waals surface area contributed by atoms with Gasteiger partial charge in [-0.2, -0.15) is 5.26 Å². The number of rotatable bonds is 6. The molecule has 1 atom stereocenters. The van der Waals surface area contributed by atoms with Crippen molar-refractivity contribution < 1.29 is 9.53 Å². The van der Waals surface area contributed by atoms with E-state index in [9.17, 15) is 14.9 Å². The number of para-hydroxylation sites is 1. The van der Waals surface area contributed by atoms with E-state index in [1.807, 2.05) is 81.4 Å². The van der Waals surface area contributed by atoms with Crippen molar-refractivity contribution in [2.75, 3.05) is 6.54 Å². The number of carbonyl (C=O) groups is 1. The second kappa shape index (κ2) is 10.6. The minimum absolute atomic E-state index is 0.145. The lowest BCUT2D eigenvalue weighted by atomic mass is 9.93. The van der Waals surface area contributed by atoms with Gasteiger partial charge in [-0.25, -0.2) is 4.79 Å². The minimum atomic E-state index is -0.297. The van der Waals surface area contributed by atoms with Gasteiger partial charge in [0.05, 0.1) is 29.0 Å². The number of imidazole rings is 1. The lowest BCUT2D eigenvalue weighted by molar-refractivity contribution is -0.127. The van der Waals surface area contributed by atoms with Crippen molar-refractivity contribution in [2.24, 2.45) is 5.41 Å². The molecule has 5 rings (SSSR count). The maximum atomic E-state index is 13.8. The number of amides is 1. The Morgan fingerprint density at radius 3 is 2.49 bits per heavy atom. The quantitative estimate of drug-likeness (QED) is 0.248. The Bertz CT molecular complexity index is 1620. The number of hydrogen-bond donors (Lipinski definition) is 0. The third-order valence-electron chi connectivity index (χ3n) is 6.76. The van der Waals surface area contributed by atoms with Gasteiger partial charge < -0.3 is 9.64 Å². The summed E-state index contributed by atoms with van der Waals surface area (Å²) >= 11 is 0. The van der Waals surface area contributed by atoms with Gasteiger partial charge in [0.25, 0.3) is 5.91 Å². The summed E-state index contributed by atoms with van der Waals surface area (Å²) in [5, 5.41) is 9.67. The molecule has 0 saturated carbocycles. The lowest BCUT2D eigenvalue weighted by Crippen LogP contribution is -2.40. The summed E-state index contributed by atoms with van der Waals surface area (Å²) in [5.74, 6) is 1.12. The molecule has 1 saturated heterocycles. The van der Waals surface area contributed by atoms with Gasteiger partial charge in [-0.05, 0) is 60.7 Å². The first kappa shape index (κ1) is 26.0. The molecule has 0 radical (unpaired) electrons. The smallest absolute Gasteiger partial charge is 0.333 e. The zero-order valence-corrected chi connectivity index (χ0v) is 22.4. The van der Waals surface area contributed by atoms with Gasteiger partial charge in [0.15, 0.2) is 0 Å². The van der Waals surface area contributed by atoms with E-state index < -0.39 is 0 Å². The van der Waals surface area contributed by atoms with E-state index in [0.29, 0.717) is 30.0 Å². The number of benzene rings is 2. The molecule has 4 aromatic rings. The van der Waals surface area contributed by atoms with Crippen molar-refractivity contribution in [3.05, 3.63) is 95.2 Å². The lowest BCUT2D eigenvalue weighted by Gasteiger charge is -2.25. The third kappa shape index (κ3) is 5.48. The Kier molecular flexibility index (Phi) is 7.07. The van der Waals surface area contributed by atoms with Gasteiger partial charge >= 0.3 is 5.69 Å². The van der Waals surface area contributed by atoms with Gasteiger partial charge in [-0.15, -0.1) is 0 Å². The average molecular weight is 522 g/mol. The fourth-order valence-corrected chi connectivity index (χ4v) is 5.05. The van der Waals surface area contributed by atoms with Crippen molar-refractivity contribution in [3.8, 4) is 23.3 Å². The van der Waals surface area contributed by atoms with Crippen LogP contribution in [0.25, 0.3) is 16.7 Å². The van der Waals surface area contributed by atoms with Gasteiger partial charge in [0.1, 0.15) is 23.1 Å². The Morgan fingerprint density at radius 1 is 1.08 bits per heavy atom. The monoisotopic (exact) mass is 521 g/mol. The summed E-state index contributed by atoms with van der Waals surface area (Å²) in [5.41, 5.74) is 1.75. The second-order valence-electron chi connectivity index (χ2n) is 10.8. The van der Waals surface area contributed by atoms with Gasteiger partial charge in [-0.1, -0.05) is 45.0 Å². The summed E-state index contributed by atoms with van der Waals surface area (Å²) in [6, 6.07) is 20.6.